The fourth-order valence-corrected chi connectivity index (χ4v) is 4.25. The molecule has 0 bridgehead atoms. The third-order valence-corrected chi connectivity index (χ3v) is 6.19. The van der Waals surface area contributed by atoms with E-state index in [4.69, 9.17) is 14.2 Å². The van der Waals surface area contributed by atoms with Gasteiger partial charge in [-0.1, -0.05) is 12.1 Å². The van der Waals surface area contributed by atoms with Gasteiger partial charge in [0, 0.05) is 6.42 Å². The van der Waals surface area contributed by atoms with Crippen molar-refractivity contribution in [3.63, 3.8) is 0 Å². The quantitative estimate of drug-likeness (QED) is 0.325. The summed E-state index contributed by atoms with van der Waals surface area (Å²) in [5.41, 5.74) is 1.41. The minimum atomic E-state index is -2.56. The minimum Gasteiger partial charge on any atom is -0.508 e. The van der Waals surface area contributed by atoms with Crippen LogP contribution < -0.4 is 4.74 Å². The molecule has 2 heterocycles. The van der Waals surface area contributed by atoms with Crippen LogP contribution in [-0.4, -0.2) is 81.0 Å². The Morgan fingerprint density at radius 3 is 2.47 bits per heavy atom. The van der Waals surface area contributed by atoms with Crippen molar-refractivity contribution in [1.82, 2.24) is 0 Å². The van der Waals surface area contributed by atoms with Crippen molar-refractivity contribution >= 4 is 0 Å². The Balaban J connectivity index is 1.81. The lowest BCUT2D eigenvalue weighted by Gasteiger charge is -2.46. The van der Waals surface area contributed by atoms with Gasteiger partial charge in [0.05, 0.1) is 37.0 Å². The van der Waals surface area contributed by atoms with E-state index in [0.29, 0.717) is 25.2 Å². The fourth-order valence-electron chi connectivity index (χ4n) is 4.25. The normalized spacial score (nSPS) is 31.2. The van der Waals surface area contributed by atoms with Gasteiger partial charge in [-0.2, -0.15) is 5.26 Å². The lowest BCUT2D eigenvalue weighted by atomic mass is 9.85. The van der Waals surface area contributed by atoms with E-state index >= 15 is 0 Å². The Morgan fingerprint density at radius 2 is 1.85 bits per heavy atom. The molecule has 6 atom stereocenters. The van der Waals surface area contributed by atoms with Gasteiger partial charge in [-0.25, -0.2) is 0 Å². The third kappa shape index (κ3) is 4.60. The molecule has 0 aromatic heterocycles. The van der Waals surface area contributed by atoms with Crippen molar-refractivity contribution in [2.45, 2.75) is 49.1 Å². The van der Waals surface area contributed by atoms with Crippen molar-refractivity contribution in [2.24, 2.45) is 0 Å². The maximum absolute atomic E-state index is 11.5. The molecule has 10 heteroatoms. The largest absolute Gasteiger partial charge is 0.508 e. The molecule has 2 aliphatic heterocycles. The molecule has 2 saturated heterocycles. The van der Waals surface area contributed by atoms with E-state index in [9.17, 15) is 35.9 Å². The molecule has 0 spiro atoms. The maximum atomic E-state index is 11.5. The highest BCUT2D eigenvalue weighted by atomic mass is 16.7. The van der Waals surface area contributed by atoms with E-state index in [1.807, 2.05) is 0 Å². The Kier molecular flexibility index (Phi) is 7.06. The van der Waals surface area contributed by atoms with Gasteiger partial charge >= 0.3 is 0 Å². The first-order valence-corrected chi connectivity index (χ1v) is 10.9. The summed E-state index contributed by atoms with van der Waals surface area (Å²) in [4.78, 5) is 0. The Labute approximate surface area is 195 Å². The number of hydrogen-bond donors (Lipinski definition) is 6. The van der Waals surface area contributed by atoms with Gasteiger partial charge in [-0.3, -0.25) is 0 Å². The summed E-state index contributed by atoms with van der Waals surface area (Å²) in [7, 11) is 0. The number of benzene rings is 2. The van der Waals surface area contributed by atoms with Crippen LogP contribution in [0.4, 0.5) is 0 Å². The topological polar surface area (TPSA) is 173 Å². The lowest BCUT2D eigenvalue weighted by molar-refractivity contribution is -0.358. The molecular weight excluding hydrogens is 446 g/mol. The van der Waals surface area contributed by atoms with Crippen LogP contribution in [0.15, 0.2) is 36.4 Å². The summed E-state index contributed by atoms with van der Waals surface area (Å²) >= 11 is 0. The van der Waals surface area contributed by atoms with Gasteiger partial charge in [-0.15, -0.1) is 0 Å². The molecule has 0 radical (unpaired) electrons. The summed E-state index contributed by atoms with van der Waals surface area (Å²) in [5, 5.41) is 71.6. The number of hydrogen-bond acceptors (Lipinski definition) is 10. The van der Waals surface area contributed by atoms with Crippen LogP contribution in [0.1, 0.15) is 28.7 Å². The van der Waals surface area contributed by atoms with Crippen molar-refractivity contribution in [2.75, 3.05) is 19.8 Å². The van der Waals surface area contributed by atoms with E-state index in [-0.39, 0.29) is 35.2 Å². The number of aliphatic hydroxyl groups is 5. The summed E-state index contributed by atoms with van der Waals surface area (Å²) in [6.07, 6.45) is -6.40. The van der Waals surface area contributed by atoms with Gasteiger partial charge in [0.25, 0.3) is 0 Å². The Hall–Kier alpha value is -2.75. The number of nitrogens with zero attached hydrogens (tertiary/aromatic N) is 1. The number of ether oxygens (including phenoxy) is 3. The van der Waals surface area contributed by atoms with Gasteiger partial charge in [0.15, 0.2) is 0 Å². The molecule has 0 unspecified atom stereocenters. The SMILES string of the molecule is N#Cc1cc(O[C@@H]2CCOC2)c([C@@]2(O)O[C@H](CO)[C@@H](O)[C@H](O)[C@H]2O)cc1Cc1ccc(O)cc1. The smallest absolute Gasteiger partial charge is 0.226 e. The number of aromatic hydroxyl groups is 1. The molecule has 6 N–H and O–H groups in total. The van der Waals surface area contributed by atoms with E-state index < -0.39 is 36.8 Å². The van der Waals surface area contributed by atoms with Crippen LogP contribution >= 0.6 is 0 Å². The Morgan fingerprint density at radius 1 is 1.12 bits per heavy atom. The second kappa shape index (κ2) is 9.85. The zero-order valence-corrected chi connectivity index (χ0v) is 18.2. The molecule has 182 valence electrons. The highest BCUT2D eigenvalue weighted by molar-refractivity contribution is 5.52. The average molecular weight is 473 g/mol. The summed E-state index contributed by atoms with van der Waals surface area (Å²) in [5.74, 6) is -2.43. The monoisotopic (exact) mass is 473 g/mol. The molecule has 0 saturated carbocycles. The molecule has 34 heavy (non-hydrogen) atoms. The molecule has 4 rings (SSSR count). The first-order valence-electron chi connectivity index (χ1n) is 10.9. The number of nitriles is 1. The summed E-state index contributed by atoms with van der Waals surface area (Å²) in [6.45, 7) is 0.0422. The van der Waals surface area contributed by atoms with E-state index in [2.05, 4.69) is 6.07 Å². The molecule has 2 aromatic carbocycles. The molecule has 10 nitrogen and oxygen atoms in total. The van der Waals surface area contributed by atoms with Crippen LogP contribution in [0, 0.1) is 11.3 Å². The number of phenols is 1. The van der Waals surface area contributed by atoms with Crippen LogP contribution in [-0.2, 0) is 21.7 Å². The minimum absolute atomic E-state index is 0.0448. The van der Waals surface area contributed by atoms with Crippen LogP contribution in [0.25, 0.3) is 0 Å². The van der Waals surface area contributed by atoms with Gasteiger partial charge in [0.2, 0.25) is 5.79 Å². The lowest BCUT2D eigenvalue weighted by Crippen LogP contribution is -2.63. The summed E-state index contributed by atoms with van der Waals surface area (Å²) in [6, 6.07) is 11.3. The van der Waals surface area contributed by atoms with Crippen molar-refractivity contribution < 1.29 is 44.8 Å². The Bertz CT molecular complexity index is 1050. The van der Waals surface area contributed by atoms with E-state index in [1.54, 1.807) is 12.1 Å². The number of phenolic OH excluding ortho intramolecular Hbond substituents is 1. The second-order valence-corrected chi connectivity index (χ2v) is 8.53. The molecular formula is C24H27NO9. The van der Waals surface area contributed by atoms with Crippen molar-refractivity contribution in [3.8, 4) is 17.6 Å². The van der Waals surface area contributed by atoms with Gasteiger partial charge in [0.1, 0.15) is 42.0 Å². The number of rotatable bonds is 6. The van der Waals surface area contributed by atoms with Crippen LogP contribution in [0.5, 0.6) is 11.5 Å². The van der Waals surface area contributed by atoms with Gasteiger partial charge < -0.3 is 44.8 Å². The van der Waals surface area contributed by atoms with E-state index in [1.165, 1.54) is 24.3 Å². The van der Waals surface area contributed by atoms with Crippen LogP contribution in [0.2, 0.25) is 0 Å². The first-order chi connectivity index (χ1) is 16.3. The maximum Gasteiger partial charge on any atom is 0.226 e. The highest BCUT2D eigenvalue weighted by Gasteiger charge is 2.55. The fraction of sp³-hybridized carbons (Fsp3) is 0.458. The number of aliphatic hydroxyl groups excluding tert-OH is 4. The van der Waals surface area contributed by atoms with E-state index in [0.717, 1.165) is 5.56 Å². The van der Waals surface area contributed by atoms with Crippen molar-refractivity contribution in [1.29, 1.82) is 5.26 Å². The molecule has 2 aromatic rings. The molecule has 0 aliphatic carbocycles. The standard InChI is InChI=1S/C24H27NO9/c25-10-15-9-19(33-17-5-6-32-12-17)18(8-14(15)7-13-1-3-16(27)4-2-13)24(31)23(30)22(29)21(28)20(11-26)34-24/h1-4,8-9,17,20-23,26-31H,5-7,11-12H2/t17-,20-,21-,22+,23-,24-/m1/s1. The first kappa shape index (κ1) is 24.4. The summed E-state index contributed by atoms with van der Waals surface area (Å²) < 4.78 is 16.9. The molecule has 2 fully saturated rings. The second-order valence-electron chi connectivity index (χ2n) is 8.53. The third-order valence-electron chi connectivity index (χ3n) is 6.19. The molecule has 2 aliphatic rings. The zero-order valence-electron chi connectivity index (χ0n) is 18.2. The zero-order chi connectivity index (χ0) is 24.5. The van der Waals surface area contributed by atoms with Gasteiger partial charge in [-0.05, 0) is 41.8 Å². The highest BCUT2D eigenvalue weighted by Crippen LogP contribution is 2.42. The average Bonchev–Trinajstić information content (AvgIpc) is 3.35. The predicted octanol–water partition coefficient (Wildman–Crippen LogP) is -0.359. The predicted molar refractivity (Wildman–Crippen MR) is 116 cm³/mol. The van der Waals surface area contributed by atoms with Crippen LogP contribution in [0.3, 0.4) is 0 Å². The molecule has 0 amide bonds. The van der Waals surface area contributed by atoms with Crippen molar-refractivity contribution in [3.05, 3.63) is 58.7 Å².